The normalized spacial score (nSPS) is 14.4. The van der Waals surface area contributed by atoms with Gasteiger partial charge in [0.2, 0.25) is 0 Å². The van der Waals surface area contributed by atoms with E-state index in [-0.39, 0.29) is 0 Å². The summed E-state index contributed by atoms with van der Waals surface area (Å²) in [5.41, 5.74) is 11.1. The van der Waals surface area contributed by atoms with Crippen LogP contribution in [0.25, 0.3) is 71.6 Å². The van der Waals surface area contributed by atoms with Crippen molar-refractivity contribution in [2.24, 2.45) is 0 Å². The third-order valence-electron chi connectivity index (χ3n) is 8.59. The third kappa shape index (κ3) is 2.82. The minimum atomic E-state index is -0.765. The van der Waals surface area contributed by atoms with Crippen molar-refractivity contribution in [3.63, 3.8) is 0 Å². The van der Waals surface area contributed by atoms with Crippen molar-refractivity contribution >= 4 is 43.6 Å². The van der Waals surface area contributed by atoms with E-state index in [9.17, 15) is 5.11 Å². The maximum Gasteiger partial charge on any atom is 0.158 e. The number of hydrogen-bond donors (Lipinski definition) is 1. The zero-order valence-electron chi connectivity index (χ0n) is 21.6. The number of rotatable bonds is 2. The Morgan fingerprint density at radius 1 is 0.475 bits per heavy atom. The van der Waals surface area contributed by atoms with Crippen molar-refractivity contribution in [2.75, 3.05) is 0 Å². The Hall–Kier alpha value is -5.12. The molecule has 0 fully saturated rings. The summed E-state index contributed by atoms with van der Waals surface area (Å²) in [5.74, 6) is 0. The molecule has 8 aromatic rings. The van der Waals surface area contributed by atoms with Gasteiger partial charge >= 0.3 is 0 Å². The summed E-state index contributed by atoms with van der Waals surface area (Å²) in [6, 6.07) is 47.2. The van der Waals surface area contributed by atoms with Crippen molar-refractivity contribution in [1.29, 1.82) is 0 Å². The molecular weight excluding hydrogens is 488 g/mol. The van der Waals surface area contributed by atoms with Gasteiger partial charge in [-0.1, -0.05) is 91.0 Å². The Morgan fingerprint density at radius 2 is 1.18 bits per heavy atom. The quantitative estimate of drug-likeness (QED) is 0.246. The van der Waals surface area contributed by atoms with E-state index < -0.39 is 6.23 Å². The molecule has 1 aliphatic heterocycles. The second-order valence-electron chi connectivity index (χ2n) is 10.7. The molecule has 0 amide bonds. The third-order valence-corrected chi connectivity index (χ3v) is 8.59. The highest BCUT2D eigenvalue weighted by Gasteiger charge is 2.29. The van der Waals surface area contributed by atoms with Crippen molar-refractivity contribution in [3.05, 3.63) is 139 Å². The summed E-state index contributed by atoms with van der Waals surface area (Å²) in [7, 11) is 0. The Morgan fingerprint density at radius 3 is 2.02 bits per heavy atom. The Labute approximate surface area is 230 Å². The first-order valence-corrected chi connectivity index (χ1v) is 13.7. The zero-order chi connectivity index (χ0) is 26.4. The molecule has 6 aromatic carbocycles. The van der Waals surface area contributed by atoms with Gasteiger partial charge in [0.25, 0.3) is 0 Å². The van der Waals surface area contributed by atoms with Crippen LogP contribution >= 0.6 is 0 Å². The number of hydrogen-bond acceptors (Lipinski definition) is 1. The van der Waals surface area contributed by atoms with Crippen LogP contribution < -0.4 is 0 Å². The van der Waals surface area contributed by atoms with Crippen molar-refractivity contribution < 1.29 is 5.11 Å². The Kier molecular flexibility index (Phi) is 4.33. The van der Waals surface area contributed by atoms with Gasteiger partial charge in [0.1, 0.15) is 0 Å². The van der Waals surface area contributed by atoms with Gasteiger partial charge in [0.05, 0.1) is 22.1 Å². The summed E-state index contributed by atoms with van der Waals surface area (Å²) >= 11 is 0. The van der Waals surface area contributed by atoms with Gasteiger partial charge in [-0.25, -0.2) is 0 Å². The molecule has 3 heterocycles. The molecule has 0 bridgehead atoms. The lowest BCUT2D eigenvalue weighted by atomic mass is 9.90. The number of fused-ring (bicyclic) bond motifs is 8. The molecule has 0 radical (unpaired) electrons. The standard InChI is InChI=1S/C37H24N2O/c40-37-28-17-8-7-15-26(28)31-19-24(23-11-3-1-4-12-23)20-32-30-21-29-27-16-9-10-18-33(27)38(25-13-5-2-6-14-25)34(29)22-35(30)39(37)36(31)32/h1-22,37,40H. The summed E-state index contributed by atoms with van der Waals surface area (Å²) in [6.45, 7) is 0. The van der Waals surface area contributed by atoms with E-state index in [1.807, 2.05) is 6.07 Å². The largest absolute Gasteiger partial charge is 0.369 e. The lowest BCUT2D eigenvalue weighted by molar-refractivity contribution is 0.155. The molecule has 3 heteroatoms. The molecule has 0 saturated carbocycles. The fourth-order valence-corrected chi connectivity index (χ4v) is 6.86. The number of aromatic nitrogens is 2. The van der Waals surface area contributed by atoms with Crippen LogP contribution in [-0.2, 0) is 0 Å². The molecule has 1 unspecified atom stereocenters. The van der Waals surface area contributed by atoms with E-state index in [0.717, 1.165) is 44.3 Å². The van der Waals surface area contributed by atoms with Crippen LogP contribution in [0.15, 0.2) is 133 Å². The molecule has 9 rings (SSSR count). The van der Waals surface area contributed by atoms with Gasteiger partial charge in [-0.3, -0.25) is 0 Å². The minimum Gasteiger partial charge on any atom is -0.369 e. The molecule has 3 nitrogen and oxygen atoms in total. The molecule has 1 N–H and O–H groups in total. The van der Waals surface area contributed by atoms with E-state index in [2.05, 4.69) is 137 Å². The number of aliphatic hydroxyl groups is 1. The van der Waals surface area contributed by atoms with Gasteiger partial charge in [0, 0.05) is 38.4 Å². The van der Waals surface area contributed by atoms with Crippen LogP contribution in [-0.4, -0.2) is 14.2 Å². The van der Waals surface area contributed by atoms with E-state index >= 15 is 0 Å². The topological polar surface area (TPSA) is 30.1 Å². The smallest absolute Gasteiger partial charge is 0.158 e. The summed E-state index contributed by atoms with van der Waals surface area (Å²) in [6.07, 6.45) is -0.765. The van der Waals surface area contributed by atoms with E-state index in [1.54, 1.807) is 0 Å². The molecule has 0 spiro atoms. The Balaban J connectivity index is 1.48. The first kappa shape index (κ1) is 21.8. The minimum absolute atomic E-state index is 0.765. The fraction of sp³-hybridized carbons (Fsp3) is 0.0270. The monoisotopic (exact) mass is 512 g/mol. The van der Waals surface area contributed by atoms with Crippen LogP contribution in [0, 0.1) is 0 Å². The van der Waals surface area contributed by atoms with Crippen molar-refractivity contribution in [3.8, 4) is 27.9 Å². The van der Waals surface area contributed by atoms with Crippen LogP contribution in [0.1, 0.15) is 11.8 Å². The van der Waals surface area contributed by atoms with E-state index in [0.29, 0.717) is 0 Å². The predicted octanol–water partition coefficient (Wildman–Crippen LogP) is 9.08. The maximum atomic E-state index is 11.9. The van der Waals surface area contributed by atoms with Gasteiger partial charge < -0.3 is 14.2 Å². The molecular formula is C37H24N2O. The van der Waals surface area contributed by atoms with Gasteiger partial charge in [0.15, 0.2) is 6.23 Å². The second-order valence-corrected chi connectivity index (χ2v) is 10.7. The van der Waals surface area contributed by atoms with Crippen molar-refractivity contribution in [1.82, 2.24) is 9.13 Å². The number of nitrogens with zero attached hydrogens (tertiary/aromatic N) is 2. The van der Waals surface area contributed by atoms with Crippen LogP contribution in [0.3, 0.4) is 0 Å². The highest BCUT2D eigenvalue weighted by molar-refractivity contribution is 6.21. The summed E-state index contributed by atoms with van der Waals surface area (Å²) in [5, 5.41) is 16.6. The lowest BCUT2D eigenvalue weighted by Gasteiger charge is -2.26. The first-order chi connectivity index (χ1) is 19.8. The zero-order valence-corrected chi connectivity index (χ0v) is 21.6. The summed E-state index contributed by atoms with van der Waals surface area (Å²) < 4.78 is 4.48. The molecule has 188 valence electrons. The van der Waals surface area contributed by atoms with Crippen LogP contribution in [0.4, 0.5) is 0 Å². The molecule has 1 aliphatic rings. The highest BCUT2D eigenvalue weighted by Crippen LogP contribution is 2.48. The van der Waals surface area contributed by atoms with Gasteiger partial charge in [-0.05, 0) is 59.2 Å². The maximum absolute atomic E-state index is 11.9. The lowest BCUT2D eigenvalue weighted by Crippen LogP contribution is -2.15. The molecule has 0 saturated heterocycles. The molecule has 0 aliphatic carbocycles. The van der Waals surface area contributed by atoms with Gasteiger partial charge in [-0.15, -0.1) is 0 Å². The number of benzene rings is 6. The van der Waals surface area contributed by atoms with Crippen LogP contribution in [0.2, 0.25) is 0 Å². The van der Waals surface area contributed by atoms with Gasteiger partial charge in [-0.2, -0.15) is 0 Å². The summed E-state index contributed by atoms with van der Waals surface area (Å²) in [4.78, 5) is 0. The fourth-order valence-electron chi connectivity index (χ4n) is 6.86. The Bertz CT molecular complexity index is 2270. The second kappa shape index (κ2) is 7.95. The first-order valence-electron chi connectivity index (χ1n) is 13.7. The number of aliphatic hydroxyl groups excluding tert-OH is 1. The highest BCUT2D eigenvalue weighted by atomic mass is 16.3. The average Bonchev–Trinajstić information content (AvgIpc) is 3.52. The SMILES string of the molecule is OC1c2ccccc2-c2cc(-c3ccccc3)cc3c4cc5c6ccccc6n(-c6ccccc6)c5cc4n1c23. The van der Waals surface area contributed by atoms with E-state index in [4.69, 9.17) is 0 Å². The molecule has 1 atom stereocenters. The molecule has 40 heavy (non-hydrogen) atoms. The van der Waals surface area contributed by atoms with Crippen molar-refractivity contribution in [2.45, 2.75) is 6.23 Å². The van der Waals surface area contributed by atoms with Crippen LogP contribution in [0.5, 0.6) is 0 Å². The predicted molar refractivity (Wildman–Crippen MR) is 165 cm³/mol. The molecule has 2 aromatic heterocycles. The average molecular weight is 513 g/mol. The van der Waals surface area contributed by atoms with E-state index in [1.165, 1.54) is 32.8 Å². The number of para-hydroxylation sites is 2.